The second-order valence-electron chi connectivity index (χ2n) is 5.88. The molecule has 0 unspecified atom stereocenters. The van der Waals surface area contributed by atoms with Crippen molar-refractivity contribution < 1.29 is 9.90 Å². The lowest BCUT2D eigenvalue weighted by Crippen LogP contribution is -2.45. The van der Waals surface area contributed by atoms with Gasteiger partial charge in [0.05, 0.1) is 6.54 Å². The number of aliphatic hydroxyl groups is 1. The van der Waals surface area contributed by atoms with Crippen LogP contribution in [-0.2, 0) is 5.60 Å². The van der Waals surface area contributed by atoms with Crippen LogP contribution in [0.4, 0.5) is 4.79 Å². The summed E-state index contributed by atoms with van der Waals surface area (Å²) in [6, 6.07) is 1.61. The molecule has 0 aliphatic rings. The van der Waals surface area contributed by atoms with E-state index >= 15 is 0 Å². The van der Waals surface area contributed by atoms with Gasteiger partial charge in [-0.05, 0) is 34.7 Å². The second kappa shape index (κ2) is 5.71. The first-order chi connectivity index (χ1) is 8.21. The van der Waals surface area contributed by atoms with Crippen LogP contribution in [-0.4, -0.2) is 24.2 Å². The van der Waals surface area contributed by atoms with Crippen molar-refractivity contribution in [1.82, 2.24) is 10.6 Å². The third-order valence-corrected chi connectivity index (χ3v) is 3.20. The largest absolute Gasteiger partial charge is 0.384 e. The molecule has 2 amide bonds. The summed E-state index contributed by atoms with van der Waals surface area (Å²) in [6.07, 6.45) is 0. The maximum absolute atomic E-state index is 11.6. The highest BCUT2D eigenvalue weighted by Crippen LogP contribution is 2.21. The molecule has 0 bridgehead atoms. The first kappa shape index (κ1) is 15.0. The number of carbonyl (C=O) groups excluding carboxylic acids is 1. The molecule has 0 aromatic carbocycles. The quantitative estimate of drug-likeness (QED) is 0.786. The van der Waals surface area contributed by atoms with Crippen molar-refractivity contribution in [2.75, 3.05) is 13.1 Å². The zero-order valence-corrected chi connectivity index (χ0v) is 12.2. The van der Waals surface area contributed by atoms with Gasteiger partial charge in [-0.1, -0.05) is 20.8 Å². The molecule has 1 heterocycles. The van der Waals surface area contributed by atoms with E-state index in [0.29, 0.717) is 6.54 Å². The highest BCUT2D eigenvalue weighted by atomic mass is 32.1. The maximum atomic E-state index is 11.6. The highest BCUT2D eigenvalue weighted by molar-refractivity contribution is 7.08. The molecule has 0 aliphatic heterocycles. The molecule has 5 heteroatoms. The molecular weight excluding hydrogens is 248 g/mol. The van der Waals surface area contributed by atoms with Crippen LogP contribution in [0.15, 0.2) is 16.8 Å². The summed E-state index contributed by atoms with van der Waals surface area (Å²) in [6.45, 7) is 8.64. The average Bonchev–Trinajstić information content (AvgIpc) is 2.76. The minimum atomic E-state index is -1.03. The van der Waals surface area contributed by atoms with E-state index in [0.717, 1.165) is 5.56 Å². The van der Waals surface area contributed by atoms with Gasteiger partial charge in [-0.3, -0.25) is 0 Å². The third kappa shape index (κ3) is 5.06. The van der Waals surface area contributed by atoms with Gasteiger partial charge < -0.3 is 15.7 Å². The van der Waals surface area contributed by atoms with Crippen molar-refractivity contribution >= 4 is 17.4 Å². The molecule has 4 nitrogen and oxygen atoms in total. The van der Waals surface area contributed by atoms with Gasteiger partial charge in [0.1, 0.15) is 5.60 Å². The van der Waals surface area contributed by atoms with Gasteiger partial charge in [0.15, 0.2) is 0 Å². The third-order valence-electron chi connectivity index (χ3n) is 2.52. The molecule has 1 rings (SSSR count). The van der Waals surface area contributed by atoms with Crippen molar-refractivity contribution in [3.63, 3.8) is 0 Å². The van der Waals surface area contributed by atoms with Crippen LogP contribution in [0, 0.1) is 5.41 Å². The lowest BCUT2D eigenvalue weighted by Gasteiger charge is -2.24. The van der Waals surface area contributed by atoms with E-state index in [4.69, 9.17) is 0 Å². The lowest BCUT2D eigenvalue weighted by atomic mass is 9.97. The van der Waals surface area contributed by atoms with Gasteiger partial charge in [-0.25, -0.2) is 4.79 Å². The predicted molar refractivity (Wildman–Crippen MR) is 74.7 cm³/mol. The second-order valence-corrected chi connectivity index (χ2v) is 6.66. The van der Waals surface area contributed by atoms with E-state index in [2.05, 4.69) is 31.4 Å². The van der Waals surface area contributed by atoms with Gasteiger partial charge >= 0.3 is 6.03 Å². The number of thiophene rings is 1. The molecule has 0 saturated heterocycles. The van der Waals surface area contributed by atoms with Crippen molar-refractivity contribution in [3.05, 3.63) is 22.4 Å². The Morgan fingerprint density at radius 2 is 1.89 bits per heavy atom. The van der Waals surface area contributed by atoms with E-state index in [-0.39, 0.29) is 18.0 Å². The van der Waals surface area contributed by atoms with Crippen molar-refractivity contribution in [1.29, 1.82) is 0 Å². The smallest absolute Gasteiger partial charge is 0.314 e. The van der Waals surface area contributed by atoms with E-state index in [1.807, 2.05) is 16.8 Å². The number of urea groups is 1. The Balaban J connectivity index is 2.39. The summed E-state index contributed by atoms with van der Waals surface area (Å²) >= 11 is 1.53. The van der Waals surface area contributed by atoms with Crippen LogP contribution in [0.3, 0.4) is 0 Å². The Labute approximate surface area is 112 Å². The minimum Gasteiger partial charge on any atom is -0.384 e. The Hall–Kier alpha value is -1.07. The summed E-state index contributed by atoms with van der Waals surface area (Å²) < 4.78 is 0. The van der Waals surface area contributed by atoms with Gasteiger partial charge in [0, 0.05) is 6.54 Å². The first-order valence-electron chi connectivity index (χ1n) is 5.97. The Kier molecular flexibility index (Phi) is 4.76. The van der Waals surface area contributed by atoms with Crippen molar-refractivity contribution in [2.24, 2.45) is 5.41 Å². The molecule has 1 atom stereocenters. The molecule has 0 radical (unpaired) electrons. The van der Waals surface area contributed by atoms with Crippen LogP contribution >= 0.6 is 11.3 Å². The molecule has 0 aliphatic carbocycles. The van der Waals surface area contributed by atoms with E-state index in [1.165, 1.54) is 11.3 Å². The Bertz CT molecular complexity index is 380. The fourth-order valence-corrected chi connectivity index (χ4v) is 2.12. The topological polar surface area (TPSA) is 61.4 Å². The normalized spacial score (nSPS) is 14.9. The van der Waals surface area contributed by atoms with Gasteiger partial charge in [-0.15, -0.1) is 0 Å². The molecule has 102 valence electrons. The number of hydrogen-bond donors (Lipinski definition) is 3. The summed E-state index contributed by atoms with van der Waals surface area (Å²) in [7, 11) is 0. The van der Waals surface area contributed by atoms with Crippen LogP contribution in [0.2, 0.25) is 0 Å². The average molecular weight is 270 g/mol. The number of nitrogens with one attached hydrogen (secondary N) is 2. The van der Waals surface area contributed by atoms with Crippen LogP contribution in [0.1, 0.15) is 33.3 Å². The molecule has 0 fully saturated rings. The number of amides is 2. The van der Waals surface area contributed by atoms with Gasteiger partial charge in [0.25, 0.3) is 0 Å². The standard InChI is InChI=1S/C13H22N2O2S/c1-12(2,3)8-14-11(16)15-9-13(4,17)10-5-6-18-7-10/h5-7,17H,8-9H2,1-4H3,(H2,14,15,16)/t13-/m1/s1. The van der Waals surface area contributed by atoms with Gasteiger partial charge in [-0.2, -0.15) is 11.3 Å². The Morgan fingerprint density at radius 1 is 1.28 bits per heavy atom. The zero-order chi connectivity index (χ0) is 13.8. The summed E-state index contributed by atoms with van der Waals surface area (Å²) in [4.78, 5) is 11.6. The van der Waals surface area contributed by atoms with E-state index in [1.54, 1.807) is 6.92 Å². The lowest BCUT2D eigenvalue weighted by molar-refractivity contribution is 0.0597. The number of carbonyl (C=O) groups is 1. The Morgan fingerprint density at radius 3 is 2.39 bits per heavy atom. The number of hydrogen-bond acceptors (Lipinski definition) is 3. The molecule has 1 aromatic heterocycles. The van der Waals surface area contributed by atoms with E-state index in [9.17, 15) is 9.90 Å². The number of rotatable bonds is 4. The molecule has 0 spiro atoms. The maximum Gasteiger partial charge on any atom is 0.314 e. The predicted octanol–water partition coefficient (Wildman–Crippen LogP) is 2.30. The van der Waals surface area contributed by atoms with E-state index < -0.39 is 5.60 Å². The molecule has 3 N–H and O–H groups in total. The summed E-state index contributed by atoms with van der Waals surface area (Å²) in [5.41, 5.74) is -0.157. The summed E-state index contributed by atoms with van der Waals surface area (Å²) in [5, 5.41) is 19.5. The van der Waals surface area contributed by atoms with Gasteiger partial charge in [0.2, 0.25) is 0 Å². The highest BCUT2D eigenvalue weighted by Gasteiger charge is 2.24. The minimum absolute atomic E-state index is 0.0488. The van der Waals surface area contributed by atoms with Crippen molar-refractivity contribution in [3.8, 4) is 0 Å². The van der Waals surface area contributed by atoms with Crippen molar-refractivity contribution in [2.45, 2.75) is 33.3 Å². The van der Waals surface area contributed by atoms with Crippen LogP contribution in [0.25, 0.3) is 0 Å². The molecular formula is C13H22N2O2S. The van der Waals surface area contributed by atoms with Crippen LogP contribution in [0.5, 0.6) is 0 Å². The molecule has 1 aromatic rings. The monoisotopic (exact) mass is 270 g/mol. The fraction of sp³-hybridized carbons (Fsp3) is 0.615. The first-order valence-corrected chi connectivity index (χ1v) is 6.92. The zero-order valence-electron chi connectivity index (χ0n) is 11.4. The van der Waals surface area contributed by atoms with Crippen LogP contribution < -0.4 is 10.6 Å². The summed E-state index contributed by atoms with van der Waals surface area (Å²) in [5.74, 6) is 0. The molecule has 18 heavy (non-hydrogen) atoms. The molecule has 0 saturated carbocycles. The SMILES string of the molecule is CC(C)(C)CNC(=O)NC[C@@](C)(O)c1ccsc1. The fourth-order valence-electron chi connectivity index (χ4n) is 1.33.